The van der Waals surface area contributed by atoms with Crippen LogP contribution in [0.4, 0.5) is 0 Å². The van der Waals surface area contributed by atoms with E-state index in [1.807, 2.05) is 0 Å². The molecule has 2 heterocycles. The lowest BCUT2D eigenvalue weighted by Crippen LogP contribution is -2.43. The average molecular weight is 422 g/mol. The molecular formula is C26H35N3S. The Morgan fingerprint density at radius 1 is 1.00 bits per heavy atom. The molecule has 2 unspecified atom stereocenters. The monoisotopic (exact) mass is 421 g/mol. The van der Waals surface area contributed by atoms with Crippen LogP contribution in [0.15, 0.2) is 60.7 Å². The summed E-state index contributed by atoms with van der Waals surface area (Å²) in [7, 11) is 0. The van der Waals surface area contributed by atoms with Gasteiger partial charge in [-0.1, -0.05) is 67.6 Å². The van der Waals surface area contributed by atoms with Crippen molar-refractivity contribution in [2.24, 2.45) is 5.92 Å². The minimum absolute atomic E-state index is 0.490. The summed E-state index contributed by atoms with van der Waals surface area (Å²) in [6, 6.07) is 22.2. The molecule has 2 fully saturated rings. The zero-order valence-electron chi connectivity index (χ0n) is 18.2. The molecular weight excluding hydrogens is 386 g/mol. The summed E-state index contributed by atoms with van der Waals surface area (Å²) in [6.45, 7) is 8.11. The second-order valence-electron chi connectivity index (χ2n) is 9.07. The van der Waals surface area contributed by atoms with E-state index in [9.17, 15) is 0 Å². The fourth-order valence-electron chi connectivity index (χ4n) is 4.88. The molecule has 160 valence electrons. The maximum Gasteiger partial charge on any atom is 0.169 e. The molecule has 2 aromatic carbocycles. The Labute approximate surface area is 187 Å². The van der Waals surface area contributed by atoms with Crippen LogP contribution in [0.1, 0.15) is 43.2 Å². The molecule has 2 saturated heterocycles. The topological polar surface area (TPSA) is 18.5 Å². The molecule has 30 heavy (non-hydrogen) atoms. The molecule has 0 spiro atoms. The number of hydrogen-bond donors (Lipinski definition) is 1. The van der Waals surface area contributed by atoms with E-state index in [1.54, 1.807) is 0 Å². The van der Waals surface area contributed by atoms with Gasteiger partial charge in [-0.3, -0.25) is 0 Å². The zero-order valence-corrected chi connectivity index (χ0v) is 19.0. The van der Waals surface area contributed by atoms with Crippen LogP contribution >= 0.6 is 12.2 Å². The third-order valence-electron chi connectivity index (χ3n) is 6.91. The van der Waals surface area contributed by atoms with Crippen molar-refractivity contribution in [1.82, 2.24) is 15.1 Å². The van der Waals surface area contributed by atoms with Crippen LogP contribution in [0.3, 0.4) is 0 Å². The van der Waals surface area contributed by atoms with Crippen molar-refractivity contribution < 1.29 is 0 Å². The molecule has 2 aromatic rings. The third kappa shape index (κ3) is 5.61. The molecule has 2 aliphatic rings. The minimum atomic E-state index is 0.490. The maximum absolute atomic E-state index is 5.65. The van der Waals surface area contributed by atoms with Crippen molar-refractivity contribution in [3.8, 4) is 0 Å². The summed E-state index contributed by atoms with van der Waals surface area (Å²) >= 11 is 5.65. The number of likely N-dealkylation sites (tertiary alicyclic amines) is 1. The van der Waals surface area contributed by atoms with Crippen LogP contribution in [0, 0.1) is 5.92 Å². The summed E-state index contributed by atoms with van der Waals surface area (Å²) < 4.78 is 0. The van der Waals surface area contributed by atoms with Crippen molar-refractivity contribution in [1.29, 1.82) is 0 Å². The number of piperidine rings is 1. The first kappa shape index (κ1) is 21.3. The highest BCUT2D eigenvalue weighted by molar-refractivity contribution is 7.80. The normalized spacial score (nSPS) is 21.6. The summed E-state index contributed by atoms with van der Waals surface area (Å²) in [4.78, 5) is 5.14. The second kappa shape index (κ2) is 10.4. The third-order valence-corrected chi connectivity index (χ3v) is 7.29. The van der Waals surface area contributed by atoms with Gasteiger partial charge in [-0.2, -0.15) is 0 Å². The second-order valence-corrected chi connectivity index (χ2v) is 9.45. The van der Waals surface area contributed by atoms with E-state index in [4.69, 9.17) is 12.2 Å². The fourth-order valence-corrected chi connectivity index (χ4v) is 5.19. The van der Waals surface area contributed by atoms with Crippen molar-refractivity contribution in [3.63, 3.8) is 0 Å². The number of thiocarbonyl (C=S) groups is 1. The Balaban J connectivity index is 1.22. The molecule has 2 atom stereocenters. The Morgan fingerprint density at radius 2 is 1.67 bits per heavy atom. The van der Waals surface area contributed by atoms with Gasteiger partial charge in [0.15, 0.2) is 5.11 Å². The van der Waals surface area contributed by atoms with Gasteiger partial charge in [0.05, 0.1) is 6.04 Å². The molecule has 2 aliphatic heterocycles. The molecule has 0 bridgehead atoms. The van der Waals surface area contributed by atoms with Crippen LogP contribution < -0.4 is 5.32 Å². The first-order chi connectivity index (χ1) is 14.7. The van der Waals surface area contributed by atoms with Crippen molar-refractivity contribution in [2.45, 2.75) is 44.6 Å². The fraction of sp³-hybridized carbons (Fsp3) is 0.500. The van der Waals surface area contributed by atoms with Crippen molar-refractivity contribution in [3.05, 3.63) is 71.8 Å². The molecule has 4 heteroatoms. The number of nitrogens with zero attached hydrogens (tertiary/aromatic N) is 2. The summed E-state index contributed by atoms with van der Waals surface area (Å²) in [5, 5.41) is 4.39. The summed E-state index contributed by atoms with van der Waals surface area (Å²) in [5.41, 5.74) is 2.87. The molecule has 0 radical (unpaired) electrons. The van der Waals surface area contributed by atoms with E-state index >= 15 is 0 Å². The lowest BCUT2D eigenvalue weighted by atomic mass is 9.93. The van der Waals surface area contributed by atoms with E-state index in [1.165, 1.54) is 50.0 Å². The van der Waals surface area contributed by atoms with E-state index in [-0.39, 0.29) is 0 Å². The molecule has 0 saturated carbocycles. The first-order valence-electron chi connectivity index (χ1n) is 11.5. The van der Waals surface area contributed by atoms with Crippen molar-refractivity contribution in [2.75, 3.05) is 32.7 Å². The Morgan fingerprint density at radius 3 is 2.37 bits per heavy atom. The highest BCUT2D eigenvalue weighted by atomic mass is 32.1. The predicted octanol–water partition coefficient (Wildman–Crippen LogP) is 4.69. The van der Waals surface area contributed by atoms with Gasteiger partial charge in [-0.05, 0) is 80.5 Å². The number of benzene rings is 2. The summed E-state index contributed by atoms with van der Waals surface area (Å²) in [5.74, 6) is 1.39. The maximum atomic E-state index is 5.65. The Bertz CT molecular complexity index is 786. The molecule has 1 N–H and O–H groups in total. The van der Waals surface area contributed by atoms with Crippen LogP contribution in [-0.2, 0) is 6.42 Å². The van der Waals surface area contributed by atoms with E-state index in [0.29, 0.717) is 12.0 Å². The van der Waals surface area contributed by atoms with Crippen LogP contribution in [0.25, 0.3) is 0 Å². The highest BCUT2D eigenvalue weighted by Gasteiger charge is 2.31. The molecule has 4 rings (SSSR count). The molecule has 3 nitrogen and oxygen atoms in total. The molecule has 0 amide bonds. The van der Waals surface area contributed by atoms with Crippen LogP contribution in [0.2, 0.25) is 0 Å². The van der Waals surface area contributed by atoms with Gasteiger partial charge in [0.1, 0.15) is 0 Å². The summed E-state index contributed by atoms with van der Waals surface area (Å²) in [6.07, 6.45) is 4.89. The smallest absolute Gasteiger partial charge is 0.169 e. The van der Waals surface area contributed by atoms with Gasteiger partial charge in [-0.15, -0.1) is 0 Å². The van der Waals surface area contributed by atoms with Gasteiger partial charge < -0.3 is 15.1 Å². The minimum Gasteiger partial charge on any atom is -0.360 e. The first-order valence-corrected chi connectivity index (χ1v) is 12.0. The lowest BCUT2D eigenvalue weighted by Gasteiger charge is -2.36. The van der Waals surface area contributed by atoms with E-state index in [0.717, 1.165) is 30.5 Å². The molecule has 0 aromatic heterocycles. The van der Waals surface area contributed by atoms with Gasteiger partial charge >= 0.3 is 0 Å². The largest absolute Gasteiger partial charge is 0.360 e. The van der Waals surface area contributed by atoms with E-state index < -0.39 is 0 Å². The quantitative estimate of drug-likeness (QED) is 0.623. The predicted molar refractivity (Wildman–Crippen MR) is 130 cm³/mol. The number of hydrogen-bond acceptors (Lipinski definition) is 2. The zero-order chi connectivity index (χ0) is 20.8. The van der Waals surface area contributed by atoms with E-state index in [2.05, 4.69) is 82.7 Å². The Kier molecular flexibility index (Phi) is 7.40. The number of rotatable bonds is 8. The molecule has 0 aliphatic carbocycles. The van der Waals surface area contributed by atoms with Crippen LogP contribution in [-0.4, -0.2) is 53.7 Å². The van der Waals surface area contributed by atoms with Gasteiger partial charge in [-0.25, -0.2) is 0 Å². The van der Waals surface area contributed by atoms with Gasteiger partial charge in [0.2, 0.25) is 0 Å². The lowest BCUT2D eigenvalue weighted by molar-refractivity contribution is 0.157. The number of nitrogens with one attached hydrogen (secondary N) is 1. The van der Waals surface area contributed by atoms with Gasteiger partial charge in [0, 0.05) is 13.1 Å². The average Bonchev–Trinajstić information content (AvgIpc) is 3.13. The van der Waals surface area contributed by atoms with Crippen molar-refractivity contribution >= 4 is 17.3 Å². The van der Waals surface area contributed by atoms with Gasteiger partial charge in [0.25, 0.3) is 0 Å². The van der Waals surface area contributed by atoms with Crippen LogP contribution in [0.5, 0.6) is 0 Å². The SMILES string of the molecule is CC(CCN1CCC(CN2C(=S)NCC2Cc2ccccc2)CC1)c1ccccc1. The standard InChI is InChI=1S/C26H35N3S/c1-21(24-10-6-3-7-11-24)12-15-28-16-13-23(14-17-28)20-29-25(19-27-26(29)30)18-22-8-4-2-5-9-22/h2-11,21,23,25H,12-20H2,1H3,(H,27,30). The highest BCUT2D eigenvalue weighted by Crippen LogP contribution is 2.24. The Hall–Kier alpha value is -1.91.